The monoisotopic (exact) mass is 291 g/mol. The van der Waals surface area contributed by atoms with E-state index in [1.165, 1.54) is 36.4 Å². The van der Waals surface area contributed by atoms with Gasteiger partial charge in [0.1, 0.15) is 11.6 Å². The largest absolute Gasteiger partial charge is 0.392 e. The van der Waals surface area contributed by atoms with Crippen molar-refractivity contribution in [1.29, 1.82) is 0 Å². The summed E-state index contributed by atoms with van der Waals surface area (Å²) >= 11 is 0. The van der Waals surface area contributed by atoms with Gasteiger partial charge in [0.25, 0.3) is 5.91 Å². The van der Waals surface area contributed by atoms with Gasteiger partial charge in [-0.1, -0.05) is 12.1 Å². The molecule has 5 heteroatoms. The standard InChI is InChI=1S/C16H15F2NO2/c1-10-2-4-12(7-15(10)18)16(21)19-8-11-3-5-14(17)13(6-11)9-20/h2-7,20H,8-9H2,1H3,(H,19,21). The summed E-state index contributed by atoms with van der Waals surface area (Å²) in [5, 5.41) is 11.6. The molecule has 0 spiro atoms. The Morgan fingerprint density at radius 1 is 1.14 bits per heavy atom. The maximum atomic E-state index is 13.4. The lowest BCUT2D eigenvalue weighted by Gasteiger charge is -2.08. The first kappa shape index (κ1) is 15.1. The molecule has 1 amide bonds. The third-order valence-corrected chi connectivity index (χ3v) is 3.17. The summed E-state index contributed by atoms with van der Waals surface area (Å²) < 4.78 is 26.6. The maximum Gasteiger partial charge on any atom is 0.251 e. The van der Waals surface area contributed by atoms with E-state index in [1.807, 2.05) is 0 Å². The van der Waals surface area contributed by atoms with Gasteiger partial charge in [-0.25, -0.2) is 8.78 Å². The molecule has 0 aromatic heterocycles. The van der Waals surface area contributed by atoms with Crippen LogP contribution in [0.25, 0.3) is 0 Å². The molecule has 0 aliphatic heterocycles. The number of hydrogen-bond acceptors (Lipinski definition) is 2. The van der Waals surface area contributed by atoms with Crippen LogP contribution < -0.4 is 5.32 Å². The molecule has 0 aliphatic carbocycles. The average Bonchev–Trinajstić information content (AvgIpc) is 2.48. The van der Waals surface area contributed by atoms with Gasteiger partial charge in [0.15, 0.2) is 0 Å². The highest BCUT2D eigenvalue weighted by Gasteiger charge is 2.09. The SMILES string of the molecule is Cc1ccc(C(=O)NCc2ccc(F)c(CO)c2)cc1F. The number of carbonyl (C=O) groups excluding carboxylic acids is 1. The van der Waals surface area contributed by atoms with Crippen molar-refractivity contribution in [1.82, 2.24) is 5.32 Å². The van der Waals surface area contributed by atoms with Crippen LogP contribution in [-0.2, 0) is 13.2 Å². The minimum absolute atomic E-state index is 0.168. The van der Waals surface area contributed by atoms with Crippen molar-refractivity contribution in [3.05, 3.63) is 70.3 Å². The molecule has 3 nitrogen and oxygen atoms in total. The van der Waals surface area contributed by atoms with Crippen LogP contribution in [0, 0.1) is 18.6 Å². The molecule has 0 saturated heterocycles. The van der Waals surface area contributed by atoms with Gasteiger partial charge in [-0.05, 0) is 42.3 Å². The van der Waals surface area contributed by atoms with Crippen LogP contribution in [0.2, 0.25) is 0 Å². The molecule has 0 aliphatic rings. The lowest BCUT2D eigenvalue weighted by molar-refractivity contribution is 0.0950. The summed E-state index contributed by atoms with van der Waals surface area (Å²) in [6.45, 7) is 1.38. The number of hydrogen-bond donors (Lipinski definition) is 2. The van der Waals surface area contributed by atoms with Crippen LogP contribution in [0.4, 0.5) is 8.78 Å². The van der Waals surface area contributed by atoms with E-state index in [9.17, 15) is 13.6 Å². The molecule has 0 unspecified atom stereocenters. The second kappa shape index (κ2) is 6.45. The van der Waals surface area contributed by atoms with Crippen molar-refractivity contribution >= 4 is 5.91 Å². The highest BCUT2D eigenvalue weighted by atomic mass is 19.1. The molecule has 110 valence electrons. The number of aliphatic hydroxyl groups excluding tert-OH is 1. The Balaban J connectivity index is 2.05. The first-order chi connectivity index (χ1) is 10.0. The van der Waals surface area contributed by atoms with Gasteiger partial charge in [-0.15, -0.1) is 0 Å². The summed E-state index contributed by atoms with van der Waals surface area (Å²) in [5.41, 5.74) is 1.52. The number of aryl methyl sites for hydroxylation is 1. The molecule has 0 saturated carbocycles. The predicted molar refractivity (Wildman–Crippen MR) is 74.6 cm³/mol. The van der Waals surface area contributed by atoms with E-state index >= 15 is 0 Å². The minimum atomic E-state index is -0.492. The summed E-state index contributed by atoms with van der Waals surface area (Å²) in [6.07, 6.45) is 0. The maximum absolute atomic E-state index is 13.4. The van der Waals surface area contributed by atoms with Crippen molar-refractivity contribution < 1.29 is 18.7 Å². The van der Waals surface area contributed by atoms with Crippen LogP contribution >= 0.6 is 0 Å². The lowest BCUT2D eigenvalue weighted by atomic mass is 10.1. The molecule has 0 atom stereocenters. The summed E-state index contributed by atoms with van der Waals surface area (Å²) in [4.78, 5) is 11.9. The summed E-state index contributed by atoms with van der Waals surface area (Å²) in [7, 11) is 0. The number of nitrogens with one attached hydrogen (secondary N) is 1. The van der Waals surface area contributed by atoms with Gasteiger partial charge < -0.3 is 10.4 Å². The van der Waals surface area contributed by atoms with E-state index < -0.39 is 24.1 Å². The van der Waals surface area contributed by atoms with Crippen molar-refractivity contribution in [2.75, 3.05) is 0 Å². The molecule has 0 bridgehead atoms. The van der Waals surface area contributed by atoms with Crippen LogP contribution in [0.1, 0.15) is 27.0 Å². The highest BCUT2D eigenvalue weighted by molar-refractivity contribution is 5.94. The molecule has 0 heterocycles. The number of carbonyl (C=O) groups is 1. The third kappa shape index (κ3) is 3.64. The fraction of sp³-hybridized carbons (Fsp3) is 0.188. The highest BCUT2D eigenvalue weighted by Crippen LogP contribution is 2.12. The van der Waals surface area contributed by atoms with Crippen molar-refractivity contribution in [3.63, 3.8) is 0 Å². The smallest absolute Gasteiger partial charge is 0.251 e. The van der Waals surface area contributed by atoms with Crippen molar-refractivity contribution in [2.24, 2.45) is 0 Å². The van der Waals surface area contributed by atoms with E-state index in [0.29, 0.717) is 11.1 Å². The molecule has 0 fully saturated rings. The second-order valence-electron chi connectivity index (χ2n) is 4.73. The lowest BCUT2D eigenvalue weighted by Crippen LogP contribution is -2.23. The Morgan fingerprint density at radius 3 is 2.57 bits per heavy atom. The Hall–Kier alpha value is -2.27. The van der Waals surface area contributed by atoms with E-state index in [-0.39, 0.29) is 17.7 Å². The summed E-state index contributed by atoms with van der Waals surface area (Å²) in [5.74, 6) is -1.34. The molecule has 21 heavy (non-hydrogen) atoms. The first-order valence-electron chi connectivity index (χ1n) is 6.44. The van der Waals surface area contributed by atoms with Gasteiger partial charge in [0.05, 0.1) is 6.61 Å². The molecule has 0 radical (unpaired) electrons. The molecule has 2 aromatic rings. The van der Waals surface area contributed by atoms with Crippen LogP contribution in [-0.4, -0.2) is 11.0 Å². The number of amides is 1. The van der Waals surface area contributed by atoms with Crippen molar-refractivity contribution in [2.45, 2.75) is 20.1 Å². The van der Waals surface area contributed by atoms with Gasteiger partial charge in [0.2, 0.25) is 0 Å². The minimum Gasteiger partial charge on any atom is -0.392 e. The third-order valence-electron chi connectivity index (χ3n) is 3.17. The average molecular weight is 291 g/mol. The Bertz CT molecular complexity index is 671. The quantitative estimate of drug-likeness (QED) is 0.910. The zero-order valence-electron chi connectivity index (χ0n) is 11.5. The fourth-order valence-corrected chi connectivity index (χ4v) is 1.88. The first-order valence-corrected chi connectivity index (χ1v) is 6.44. The fourth-order valence-electron chi connectivity index (χ4n) is 1.88. The van der Waals surface area contributed by atoms with Crippen molar-refractivity contribution in [3.8, 4) is 0 Å². The normalized spacial score (nSPS) is 10.5. The zero-order chi connectivity index (χ0) is 15.4. The summed E-state index contributed by atoms with van der Waals surface area (Å²) in [6, 6.07) is 8.48. The molecule has 2 rings (SSSR count). The van der Waals surface area contributed by atoms with Gasteiger partial charge in [-0.3, -0.25) is 4.79 Å². The molecule has 2 aromatic carbocycles. The molecular weight excluding hydrogens is 276 g/mol. The molecular formula is C16H15F2NO2. The Kier molecular flexibility index (Phi) is 4.65. The number of halogens is 2. The topological polar surface area (TPSA) is 49.3 Å². The number of rotatable bonds is 4. The van der Waals surface area contributed by atoms with E-state index in [2.05, 4.69) is 5.32 Å². The van der Waals surface area contributed by atoms with Gasteiger partial charge in [0, 0.05) is 17.7 Å². The number of benzene rings is 2. The van der Waals surface area contributed by atoms with Gasteiger partial charge in [-0.2, -0.15) is 0 Å². The van der Waals surface area contributed by atoms with Crippen LogP contribution in [0.15, 0.2) is 36.4 Å². The molecule has 2 N–H and O–H groups in total. The Labute approximate surface area is 121 Å². The van der Waals surface area contributed by atoms with Crippen LogP contribution in [0.5, 0.6) is 0 Å². The van der Waals surface area contributed by atoms with Crippen LogP contribution in [0.3, 0.4) is 0 Å². The zero-order valence-corrected chi connectivity index (χ0v) is 11.5. The van der Waals surface area contributed by atoms with E-state index in [1.54, 1.807) is 6.92 Å². The van der Waals surface area contributed by atoms with Gasteiger partial charge >= 0.3 is 0 Å². The predicted octanol–water partition coefficient (Wildman–Crippen LogP) is 2.70. The Morgan fingerprint density at radius 2 is 1.90 bits per heavy atom. The van der Waals surface area contributed by atoms with E-state index in [0.717, 1.165) is 0 Å². The number of aliphatic hydroxyl groups is 1. The second-order valence-corrected chi connectivity index (χ2v) is 4.73. The van der Waals surface area contributed by atoms with E-state index in [4.69, 9.17) is 5.11 Å².